The van der Waals surface area contributed by atoms with Crippen molar-refractivity contribution in [3.8, 4) is 0 Å². The summed E-state index contributed by atoms with van der Waals surface area (Å²) in [6.07, 6.45) is 0.728. The number of aryl methyl sites for hydroxylation is 1. The summed E-state index contributed by atoms with van der Waals surface area (Å²) in [5, 5.41) is 9.26. The Morgan fingerprint density at radius 1 is 1.42 bits per heavy atom. The third-order valence-electron chi connectivity index (χ3n) is 3.57. The maximum Gasteiger partial charge on any atom is 0.326 e. The highest BCUT2D eigenvalue weighted by Gasteiger charge is 2.40. The van der Waals surface area contributed by atoms with E-state index in [2.05, 4.69) is 15.9 Å². The molecular formula is C14H16BrNO3. The number of carboxylic acid groups (broad SMARTS) is 1. The number of carboxylic acids is 1. The van der Waals surface area contributed by atoms with Gasteiger partial charge < -0.3 is 10.0 Å². The number of aliphatic carboxylic acids is 1. The second-order valence-electron chi connectivity index (χ2n) is 5.03. The molecule has 2 unspecified atom stereocenters. The Morgan fingerprint density at radius 2 is 2.11 bits per heavy atom. The number of carbonyl (C=O) groups excluding carboxylic acids is 1. The molecule has 102 valence electrons. The van der Waals surface area contributed by atoms with Gasteiger partial charge in [-0.1, -0.05) is 13.0 Å². The van der Waals surface area contributed by atoms with Crippen molar-refractivity contribution in [2.24, 2.45) is 5.92 Å². The molecule has 1 fully saturated rings. The van der Waals surface area contributed by atoms with Gasteiger partial charge in [-0.25, -0.2) is 4.79 Å². The summed E-state index contributed by atoms with van der Waals surface area (Å²) in [6.45, 7) is 4.31. The Balaban J connectivity index is 2.31. The first-order valence-electron chi connectivity index (χ1n) is 6.21. The third-order valence-corrected chi connectivity index (χ3v) is 4.23. The fourth-order valence-electron chi connectivity index (χ4n) is 2.50. The lowest BCUT2D eigenvalue weighted by Gasteiger charge is -2.24. The van der Waals surface area contributed by atoms with Crippen LogP contribution >= 0.6 is 15.9 Å². The maximum absolute atomic E-state index is 12.5. The molecule has 0 aromatic heterocycles. The smallest absolute Gasteiger partial charge is 0.326 e. The minimum atomic E-state index is -0.929. The Kier molecular flexibility index (Phi) is 3.94. The van der Waals surface area contributed by atoms with E-state index in [9.17, 15) is 14.7 Å². The molecular weight excluding hydrogens is 310 g/mol. The van der Waals surface area contributed by atoms with E-state index >= 15 is 0 Å². The number of hydrogen-bond donors (Lipinski definition) is 1. The number of halogens is 1. The van der Waals surface area contributed by atoms with Gasteiger partial charge in [0.05, 0.1) is 5.56 Å². The zero-order valence-corrected chi connectivity index (χ0v) is 12.5. The number of carbonyl (C=O) groups is 2. The fraction of sp³-hybridized carbons (Fsp3) is 0.429. The van der Waals surface area contributed by atoms with E-state index in [0.717, 1.165) is 12.0 Å². The molecule has 5 heteroatoms. The molecule has 1 saturated heterocycles. The van der Waals surface area contributed by atoms with E-state index in [4.69, 9.17) is 0 Å². The molecule has 2 atom stereocenters. The van der Waals surface area contributed by atoms with Gasteiger partial charge in [0, 0.05) is 11.0 Å². The van der Waals surface area contributed by atoms with Crippen LogP contribution in [-0.2, 0) is 4.79 Å². The molecule has 19 heavy (non-hydrogen) atoms. The molecule has 0 radical (unpaired) electrons. The van der Waals surface area contributed by atoms with Crippen molar-refractivity contribution in [2.45, 2.75) is 26.3 Å². The van der Waals surface area contributed by atoms with Gasteiger partial charge in [-0.15, -0.1) is 0 Å². The van der Waals surface area contributed by atoms with Gasteiger partial charge in [0.25, 0.3) is 5.91 Å². The molecule has 1 heterocycles. The van der Waals surface area contributed by atoms with Gasteiger partial charge in [-0.2, -0.15) is 0 Å². The Hall–Kier alpha value is -1.36. The lowest BCUT2D eigenvalue weighted by atomic mass is 10.0. The van der Waals surface area contributed by atoms with Crippen LogP contribution in [0.5, 0.6) is 0 Å². The minimum absolute atomic E-state index is 0.00864. The highest BCUT2D eigenvalue weighted by atomic mass is 79.9. The zero-order valence-electron chi connectivity index (χ0n) is 10.9. The summed E-state index contributed by atoms with van der Waals surface area (Å²) in [7, 11) is 0. The van der Waals surface area contributed by atoms with Crippen LogP contribution in [-0.4, -0.2) is 34.5 Å². The van der Waals surface area contributed by atoms with E-state index in [-0.39, 0.29) is 11.8 Å². The molecule has 1 N–H and O–H groups in total. The van der Waals surface area contributed by atoms with Crippen molar-refractivity contribution in [3.05, 3.63) is 33.8 Å². The van der Waals surface area contributed by atoms with Crippen LogP contribution in [0.4, 0.5) is 0 Å². The monoisotopic (exact) mass is 325 g/mol. The first kappa shape index (κ1) is 14.1. The van der Waals surface area contributed by atoms with Crippen LogP contribution < -0.4 is 0 Å². The Labute approximate surface area is 120 Å². The van der Waals surface area contributed by atoms with Gasteiger partial charge in [0.1, 0.15) is 6.04 Å². The largest absolute Gasteiger partial charge is 0.480 e. The van der Waals surface area contributed by atoms with Gasteiger partial charge in [-0.05, 0) is 52.9 Å². The fourth-order valence-corrected chi connectivity index (χ4v) is 3.16. The summed E-state index contributed by atoms with van der Waals surface area (Å²) in [4.78, 5) is 25.2. The molecule has 1 aromatic carbocycles. The Bertz CT molecular complexity index is 529. The van der Waals surface area contributed by atoms with Crippen LogP contribution in [0.2, 0.25) is 0 Å². The zero-order chi connectivity index (χ0) is 14.2. The summed E-state index contributed by atoms with van der Waals surface area (Å²) in [6, 6.07) is 4.74. The van der Waals surface area contributed by atoms with Crippen LogP contribution in [0.25, 0.3) is 0 Å². The van der Waals surface area contributed by atoms with Crippen molar-refractivity contribution in [1.82, 2.24) is 4.90 Å². The van der Waals surface area contributed by atoms with Crippen LogP contribution in [0.1, 0.15) is 29.3 Å². The lowest BCUT2D eigenvalue weighted by Crippen LogP contribution is -2.42. The van der Waals surface area contributed by atoms with E-state index < -0.39 is 12.0 Å². The second-order valence-corrected chi connectivity index (χ2v) is 5.89. The van der Waals surface area contributed by atoms with Crippen LogP contribution in [0.15, 0.2) is 22.7 Å². The molecule has 0 bridgehead atoms. The van der Waals surface area contributed by atoms with Crippen molar-refractivity contribution >= 4 is 27.8 Å². The van der Waals surface area contributed by atoms with Crippen LogP contribution in [0.3, 0.4) is 0 Å². The summed E-state index contributed by atoms with van der Waals surface area (Å²) >= 11 is 3.37. The summed E-state index contributed by atoms with van der Waals surface area (Å²) in [5.74, 6) is -1.16. The second kappa shape index (κ2) is 5.33. The maximum atomic E-state index is 12.5. The summed E-state index contributed by atoms with van der Waals surface area (Å²) < 4.78 is 0.709. The average molecular weight is 326 g/mol. The minimum Gasteiger partial charge on any atom is -0.480 e. The highest BCUT2D eigenvalue weighted by Crippen LogP contribution is 2.28. The quantitative estimate of drug-likeness (QED) is 0.909. The third kappa shape index (κ3) is 2.66. The van der Waals surface area contributed by atoms with Crippen molar-refractivity contribution in [3.63, 3.8) is 0 Å². The molecule has 0 saturated carbocycles. The topological polar surface area (TPSA) is 57.6 Å². The van der Waals surface area contributed by atoms with Gasteiger partial charge in [-0.3, -0.25) is 4.79 Å². The van der Waals surface area contributed by atoms with Gasteiger partial charge in [0.2, 0.25) is 0 Å². The molecule has 1 amide bonds. The van der Waals surface area contributed by atoms with E-state index in [1.807, 2.05) is 26.0 Å². The molecule has 2 rings (SSSR count). The SMILES string of the molecule is Cc1ccc(C(=O)N2CCC(C)C2C(=O)O)c(Br)c1. The number of amides is 1. The van der Waals surface area contributed by atoms with E-state index in [1.54, 1.807) is 6.07 Å². The standard InChI is InChI=1S/C14H16BrNO3/c1-8-3-4-10(11(15)7-8)13(17)16-6-5-9(2)12(16)14(18)19/h3-4,7,9,12H,5-6H2,1-2H3,(H,18,19). The number of benzene rings is 1. The molecule has 0 aliphatic carbocycles. The summed E-state index contributed by atoms with van der Waals surface area (Å²) in [5.41, 5.74) is 1.57. The van der Waals surface area contributed by atoms with Crippen molar-refractivity contribution < 1.29 is 14.7 Å². The Morgan fingerprint density at radius 3 is 2.68 bits per heavy atom. The number of rotatable bonds is 2. The molecule has 0 spiro atoms. The molecule has 4 nitrogen and oxygen atoms in total. The molecule has 1 aliphatic rings. The van der Waals surface area contributed by atoms with E-state index in [0.29, 0.717) is 16.6 Å². The van der Waals surface area contributed by atoms with Crippen molar-refractivity contribution in [1.29, 1.82) is 0 Å². The number of nitrogens with zero attached hydrogens (tertiary/aromatic N) is 1. The van der Waals surface area contributed by atoms with Crippen LogP contribution in [0, 0.1) is 12.8 Å². The first-order chi connectivity index (χ1) is 8.91. The number of likely N-dealkylation sites (tertiary alicyclic amines) is 1. The average Bonchev–Trinajstić information content (AvgIpc) is 2.70. The normalized spacial score (nSPS) is 22.6. The van der Waals surface area contributed by atoms with Gasteiger partial charge in [0.15, 0.2) is 0 Å². The molecule has 1 aliphatic heterocycles. The highest BCUT2D eigenvalue weighted by molar-refractivity contribution is 9.10. The van der Waals surface area contributed by atoms with E-state index in [1.165, 1.54) is 4.90 Å². The number of hydrogen-bond acceptors (Lipinski definition) is 2. The predicted octanol–water partition coefficient (Wildman–Crippen LogP) is 2.69. The lowest BCUT2D eigenvalue weighted by molar-refractivity contribution is -0.142. The predicted molar refractivity (Wildman–Crippen MR) is 75.1 cm³/mol. The first-order valence-corrected chi connectivity index (χ1v) is 7.01. The van der Waals surface area contributed by atoms with Crippen molar-refractivity contribution in [2.75, 3.05) is 6.54 Å². The van der Waals surface area contributed by atoms with Gasteiger partial charge >= 0.3 is 5.97 Å². The molecule has 1 aromatic rings.